The Hall–Kier alpha value is -2.35. The molecular weight excluding hydrogens is 427 g/mol. The normalized spacial score (nSPS) is 16.9. The van der Waals surface area contributed by atoms with Crippen molar-refractivity contribution in [3.8, 4) is 11.1 Å². The Balaban J connectivity index is 1.75. The summed E-state index contributed by atoms with van der Waals surface area (Å²) in [6.45, 7) is 3.34. The quantitative estimate of drug-likeness (QED) is 0.740. The van der Waals surface area contributed by atoms with Crippen LogP contribution in [0.1, 0.15) is 40.2 Å². The van der Waals surface area contributed by atoms with Gasteiger partial charge in [-0.3, -0.25) is 9.78 Å². The molecule has 1 fully saturated rings. The molecular formula is C21H22Cl2N4O3. The molecule has 4 rings (SSSR count). The highest BCUT2D eigenvalue weighted by Crippen LogP contribution is 2.40. The van der Waals surface area contributed by atoms with Gasteiger partial charge >= 0.3 is 6.09 Å². The number of aromatic nitrogens is 1. The van der Waals surface area contributed by atoms with Crippen LogP contribution in [0.3, 0.4) is 0 Å². The molecule has 1 aromatic heterocycles. The zero-order chi connectivity index (χ0) is 21.6. The lowest BCUT2D eigenvalue weighted by Gasteiger charge is -2.35. The Labute approximate surface area is 184 Å². The molecule has 1 saturated heterocycles. The number of pyridine rings is 1. The Morgan fingerprint density at radius 1 is 1.27 bits per heavy atom. The van der Waals surface area contributed by atoms with Gasteiger partial charge in [0, 0.05) is 52.5 Å². The lowest BCUT2D eigenvalue weighted by molar-refractivity contribution is 0.0596. The molecule has 9 heteroatoms. The van der Waals surface area contributed by atoms with Crippen molar-refractivity contribution < 1.29 is 14.7 Å². The van der Waals surface area contributed by atoms with Crippen LogP contribution in [0, 0.1) is 6.92 Å². The number of nitrogens with two attached hydrogens (primary N) is 1. The van der Waals surface area contributed by atoms with Crippen LogP contribution in [-0.4, -0.2) is 51.0 Å². The minimum Gasteiger partial charge on any atom is -0.465 e. The summed E-state index contributed by atoms with van der Waals surface area (Å²) < 4.78 is 0. The molecule has 2 aromatic rings. The first kappa shape index (κ1) is 20.9. The van der Waals surface area contributed by atoms with Crippen molar-refractivity contribution in [3.63, 3.8) is 0 Å². The maximum atomic E-state index is 13.5. The first-order chi connectivity index (χ1) is 14.3. The first-order valence-corrected chi connectivity index (χ1v) is 10.5. The molecule has 3 heterocycles. The number of carbonyl (C=O) groups excluding carboxylic acids is 1. The maximum absolute atomic E-state index is 13.5. The van der Waals surface area contributed by atoms with Gasteiger partial charge < -0.3 is 20.6 Å². The summed E-state index contributed by atoms with van der Waals surface area (Å²) in [6, 6.07) is 5.17. The number of halogens is 2. The molecule has 0 saturated carbocycles. The first-order valence-electron chi connectivity index (χ1n) is 9.78. The van der Waals surface area contributed by atoms with Crippen molar-refractivity contribution in [3.05, 3.63) is 50.8 Å². The summed E-state index contributed by atoms with van der Waals surface area (Å²) in [5.74, 6) is -0.109. The van der Waals surface area contributed by atoms with Crippen molar-refractivity contribution >= 4 is 35.2 Å². The molecule has 0 unspecified atom stereocenters. The number of nitrogens with zero attached hydrogens (tertiary/aromatic N) is 3. The second-order valence-corrected chi connectivity index (χ2v) is 8.48. The number of rotatable bonds is 3. The highest BCUT2D eigenvalue weighted by atomic mass is 35.5. The molecule has 158 valence electrons. The molecule has 0 radical (unpaired) electrons. The van der Waals surface area contributed by atoms with Gasteiger partial charge in [-0.2, -0.15) is 0 Å². The van der Waals surface area contributed by atoms with Gasteiger partial charge in [-0.05, 0) is 37.5 Å². The lowest BCUT2D eigenvalue weighted by atomic mass is 9.93. The molecule has 30 heavy (non-hydrogen) atoms. The molecule has 0 atom stereocenters. The van der Waals surface area contributed by atoms with E-state index in [0.717, 1.165) is 16.8 Å². The van der Waals surface area contributed by atoms with Gasteiger partial charge in [0.25, 0.3) is 5.91 Å². The molecule has 3 N–H and O–H groups in total. The molecule has 0 bridgehead atoms. The standard InChI is InChI=1S/C21H22Cl2N4O3/c1-11-15(9-24)18(14-3-2-12(22)8-16(14)23)19-17(25-11)10-27(20(19)28)13-4-6-26(7-5-13)21(29)30/h2-3,8,13H,4-7,9-10,24H2,1H3,(H,29,30). The van der Waals surface area contributed by atoms with Crippen LogP contribution < -0.4 is 5.73 Å². The Kier molecular flexibility index (Phi) is 5.61. The monoisotopic (exact) mass is 448 g/mol. The summed E-state index contributed by atoms with van der Waals surface area (Å²) in [5, 5.41) is 10.1. The van der Waals surface area contributed by atoms with Crippen LogP contribution >= 0.6 is 23.2 Å². The number of amides is 2. The lowest BCUT2D eigenvalue weighted by Crippen LogP contribution is -2.46. The fraction of sp³-hybridized carbons (Fsp3) is 0.381. The number of hydrogen-bond donors (Lipinski definition) is 2. The Morgan fingerprint density at radius 2 is 1.97 bits per heavy atom. The van der Waals surface area contributed by atoms with E-state index in [-0.39, 0.29) is 18.5 Å². The van der Waals surface area contributed by atoms with E-state index in [1.54, 1.807) is 18.2 Å². The largest absolute Gasteiger partial charge is 0.465 e. The van der Waals surface area contributed by atoms with E-state index in [9.17, 15) is 14.7 Å². The van der Waals surface area contributed by atoms with Crippen molar-refractivity contribution in [2.24, 2.45) is 5.73 Å². The number of hydrogen-bond acceptors (Lipinski definition) is 4. The third kappa shape index (κ3) is 3.51. The van der Waals surface area contributed by atoms with Crippen molar-refractivity contribution in [2.45, 2.75) is 38.9 Å². The average Bonchev–Trinajstić information content (AvgIpc) is 3.03. The molecule has 0 spiro atoms. The molecule has 2 aliphatic heterocycles. The second kappa shape index (κ2) is 8.06. The van der Waals surface area contributed by atoms with E-state index >= 15 is 0 Å². The van der Waals surface area contributed by atoms with E-state index in [1.165, 1.54) is 4.90 Å². The topological polar surface area (TPSA) is 99.8 Å². The van der Waals surface area contributed by atoms with Gasteiger partial charge in [-0.1, -0.05) is 29.3 Å². The summed E-state index contributed by atoms with van der Waals surface area (Å²) >= 11 is 12.6. The van der Waals surface area contributed by atoms with Crippen LogP contribution in [0.5, 0.6) is 0 Å². The minimum absolute atomic E-state index is 0.0301. The molecule has 2 amide bonds. The van der Waals surface area contributed by atoms with E-state index in [2.05, 4.69) is 4.98 Å². The van der Waals surface area contributed by atoms with E-state index < -0.39 is 6.09 Å². The zero-order valence-corrected chi connectivity index (χ0v) is 18.0. The molecule has 0 aliphatic carbocycles. The average molecular weight is 449 g/mol. The van der Waals surface area contributed by atoms with E-state index in [4.69, 9.17) is 28.9 Å². The molecule has 1 aromatic carbocycles. The number of likely N-dealkylation sites (tertiary alicyclic amines) is 1. The van der Waals surface area contributed by atoms with E-state index in [0.29, 0.717) is 59.3 Å². The summed E-state index contributed by atoms with van der Waals surface area (Å²) in [7, 11) is 0. The van der Waals surface area contributed by atoms with Crippen LogP contribution in [0.4, 0.5) is 4.79 Å². The number of carbonyl (C=O) groups is 2. The fourth-order valence-corrected chi connectivity index (χ4v) is 4.93. The highest BCUT2D eigenvalue weighted by Gasteiger charge is 2.39. The van der Waals surface area contributed by atoms with Crippen LogP contribution in [0.25, 0.3) is 11.1 Å². The predicted octanol–water partition coefficient (Wildman–Crippen LogP) is 3.92. The second-order valence-electron chi connectivity index (χ2n) is 7.63. The number of fused-ring (bicyclic) bond motifs is 1. The Morgan fingerprint density at radius 3 is 2.57 bits per heavy atom. The third-order valence-electron chi connectivity index (χ3n) is 5.95. The van der Waals surface area contributed by atoms with E-state index in [1.807, 2.05) is 11.8 Å². The van der Waals surface area contributed by atoms with Crippen LogP contribution in [0.2, 0.25) is 10.0 Å². The SMILES string of the molecule is Cc1nc2c(c(-c3ccc(Cl)cc3Cl)c1CN)C(=O)N(C1CCN(C(=O)O)CC1)C2. The van der Waals surface area contributed by atoms with Gasteiger partial charge in [-0.25, -0.2) is 4.79 Å². The number of piperidine rings is 1. The number of carboxylic acid groups (broad SMARTS) is 1. The maximum Gasteiger partial charge on any atom is 0.407 e. The van der Waals surface area contributed by atoms with Gasteiger partial charge in [0.05, 0.1) is 17.8 Å². The summed E-state index contributed by atoms with van der Waals surface area (Å²) in [5.41, 5.74) is 10.3. The summed E-state index contributed by atoms with van der Waals surface area (Å²) in [6.07, 6.45) is 0.284. The van der Waals surface area contributed by atoms with Crippen LogP contribution in [0.15, 0.2) is 18.2 Å². The van der Waals surface area contributed by atoms with Gasteiger partial charge in [0.15, 0.2) is 0 Å². The van der Waals surface area contributed by atoms with Gasteiger partial charge in [0.1, 0.15) is 0 Å². The molecule has 7 nitrogen and oxygen atoms in total. The van der Waals surface area contributed by atoms with Crippen molar-refractivity contribution in [1.29, 1.82) is 0 Å². The molecule has 2 aliphatic rings. The van der Waals surface area contributed by atoms with Crippen molar-refractivity contribution in [1.82, 2.24) is 14.8 Å². The van der Waals surface area contributed by atoms with Crippen LogP contribution in [-0.2, 0) is 13.1 Å². The Bertz CT molecular complexity index is 1040. The highest BCUT2D eigenvalue weighted by molar-refractivity contribution is 6.36. The van der Waals surface area contributed by atoms with Gasteiger partial charge in [0.2, 0.25) is 0 Å². The fourth-order valence-electron chi connectivity index (χ4n) is 4.43. The number of benzene rings is 1. The minimum atomic E-state index is -0.922. The van der Waals surface area contributed by atoms with Crippen molar-refractivity contribution in [2.75, 3.05) is 13.1 Å². The zero-order valence-electron chi connectivity index (χ0n) is 16.5. The predicted molar refractivity (Wildman–Crippen MR) is 115 cm³/mol. The number of aryl methyl sites for hydroxylation is 1. The van der Waals surface area contributed by atoms with Gasteiger partial charge in [-0.15, -0.1) is 0 Å². The smallest absolute Gasteiger partial charge is 0.407 e. The third-order valence-corrected chi connectivity index (χ3v) is 6.50. The summed E-state index contributed by atoms with van der Waals surface area (Å²) in [4.78, 5) is 32.6.